The van der Waals surface area contributed by atoms with Gasteiger partial charge in [0.15, 0.2) is 9.84 Å². The van der Waals surface area contributed by atoms with E-state index < -0.39 is 15.7 Å². The summed E-state index contributed by atoms with van der Waals surface area (Å²) in [5.74, 6) is 0.226. The Bertz CT molecular complexity index is 1070. The van der Waals surface area contributed by atoms with Crippen molar-refractivity contribution in [2.45, 2.75) is 25.3 Å². The molecule has 2 unspecified atom stereocenters. The van der Waals surface area contributed by atoms with Crippen molar-refractivity contribution < 1.29 is 13.2 Å². The summed E-state index contributed by atoms with van der Waals surface area (Å²) in [5, 5.41) is 5.47. The van der Waals surface area contributed by atoms with Crippen LogP contribution >= 0.6 is 11.3 Å². The zero-order valence-electron chi connectivity index (χ0n) is 16.2. The standard InChI is InChI=1S/C21H25N3O3S2/c22-21(25)18-8-14(15-6-16(28-11-15)10-24-3-1-4-24)7-17-19(9-23-20(17)18)13-2-5-29(26,27)12-13/h6-8,11,13,19,23H,1-5,9-10,12H2,(H2,22,25). The maximum Gasteiger partial charge on any atom is 0.250 e. The number of fused-ring (bicyclic) bond motifs is 1. The molecule has 0 radical (unpaired) electrons. The minimum atomic E-state index is -2.95. The first kappa shape index (κ1) is 19.1. The second kappa shape index (κ2) is 7.11. The molecule has 3 N–H and O–H groups in total. The third kappa shape index (κ3) is 3.58. The van der Waals surface area contributed by atoms with E-state index in [9.17, 15) is 13.2 Å². The van der Waals surface area contributed by atoms with Crippen LogP contribution in [-0.2, 0) is 16.4 Å². The molecular formula is C21H25N3O3S2. The van der Waals surface area contributed by atoms with Gasteiger partial charge in [0.25, 0.3) is 5.91 Å². The van der Waals surface area contributed by atoms with Crippen LogP contribution in [0.4, 0.5) is 5.69 Å². The molecule has 4 heterocycles. The van der Waals surface area contributed by atoms with Crippen molar-refractivity contribution in [2.75, 3.05) is 36.5 Å². The van der Waals surface area contributed by atoms with Crippen LogP contribution in [0.15, 0.2) is 23.6 Å². The van der Waals surface area contributed by atoms with Crippen molar-refractivity contribution in [3.63, 3.8) is 0 Å². The van der Waals surface area contributed by atoms with Gasteiger partial charge in [-0.15, -0.1) is 11.3 Å². The van der Waals surface area contributed by atoms with Gasteiger partial charge in [-0.3, -0.25) is 9.69 Å². The van der Waals surface area contributed by atoms with Crippen LogP contribution in [0.2, 0.25) is 0 Å². The van der Waals surface area contributed by atoms with Gasteiger partial charge in [0.2, 0.25) is 0 Å². The molecule has 0 saturated carbocycles. The Balaban J connectivity index is 1.50. The van der Waals surface area contributed by atoms with Gasteiger partial charge >= 0.3 is 0 Å². The van der Waals surface area contributed by atoms with Gasteiger partial charge in [0, 0.05) is 23.9 Å². The topological polar surface area (TPSA) is 92.5 Å². The maximum absolute atomic E-state index is 12.2. The van der Waals surface area contributed by atoms with Crippen molar-refractivity contribution in [1.29, 1.82) is 0 Å². The molecule has 5 rings (SSSR count). The molecule has 3 aliphatic heterocycles. The molecule has 0 spiro atoms. The number of primary amides is 1. The molecule has 29 heavy (non-hydrogen) atoms. The minimum absolute atomic E-state index is 0.0918. The number of nitrogens with zero attached hydrogens (tertiary/aromatic N) is 1. The predicted molar refractivity (Wildman–Crippen MR) is 116 cm³/mol. The van der Waals surface area contributed by atoms with Crippen LogP contribution < -0.4 is 11.1 Å². The Hall–Kier alpha value is -1.90. The first-order chi connectivity index (χ1) is 13.9. The number of carbonyl (C=O) groups is 1. The van der Waals surface area contributed by atoms with Gasteiger partial charge < -0.3 is 11.1 Å². The summed E-state index contributed by atoms with van der Waals surface area (Å²) in [6.45, 7) is 3.95. The van der Waals surface area contributed by atoms with E-state index in [0.29, 0.717) is 18.5 Å². The minimum Gasteiger partial charge on any atom is -0.384 e. The zero-order valence-corrected chi connectivity index (χ0v) is 17.8. The fourth-order valence-electron chi connectivity index (χ4n) is 4.77. The van der Waals surface area contributed by atoms with Crippen molar-refractivity contribution in [2.24, 2.45) is 11.7 Å². The summed E-state index contributed by atoms with van der Waals surface area (Å²) in [5.41, 5.74) is 10.1. The average molecular weight is 432 g/mol. The number of likely N-dealkylation sites (tertiary alicyclic amines) is 1. The Kier molecular flexibility index (Phi) is 4.68. The molecule has 1 aromatic carbocycles. The lowest BCUT2D eigenvalue weighted by Crippen LogP contribution is -2.35. The van der Waals surface area contributed by atoms with Gasteiger partial charge in [-0.1, -0.05) is 0 Å². The number of anilines is 1. The number of hydrogen-bond acceptors (Lipinski definition) is 6. The van der Waals surface area contributed by atoms with Crippen LogP contribution in [0, 0.1) is 5.92 Å². The van der Waals surface area contributed by atoms with Gasteiger partial charge in [0.05, 0.1) is 22.8 Å². The number of nitrogens with one attached hydrogen (secondary N) is 1. The Morgan fingerprint density at radius 2 is 2.07 bits per heavy atom. The van der Waals surface area contributed by atoms with E-state index in [1.54, 1.807) is 11.3 Å². The van der Waals surface area contributed by atoms with Crippen molar-refractivity contribution in [1.82, 2.24) is 4.90 Å². The van der Waals surface area contributed by atoms with Gasteiger partial charge in [-0.05, 0) is 72.1 Å². The van der Waals surface area contributed by atoms with Gasteiger partial charge in [-0.25, -0.2) is 8.42 Å². The number of amides is 1. The lowest BCUT2D eigenvalue weighted by atomic mass is 9.85. The van der Waals surface area contributed by atoms with Crippen molar-refractivity contribution in [3.05, 3.63) is 39.6 Å². The Morgan fingerprint density at radius 3 is 2.72 bits per heavy atom. The van der Waals surface area contributed by atoms with Crippen molar-refractivity contribution >= 4 is 32.8 Å². The SMILES string of the molecule is NC(=O)c1cc(-c2csc(CN3CCC3)c2)cc2c1NCC2C1CCS(=O)(=O)C1. The molecule has 1 aromatic heterocycles. The number of hydrogen-bond donors (Lipinski definition) is 2. The van der Waals surface area contributed by atoms with Crippen LogP contribution in [0.3, 0.4) is 0 Å². The normalized spacial score (nSPS) is 25.4. The number of carbonyl (C=O) groups excluding carboxylic acids is 1. The molecule has 8 heteroatoms. The first-order valence-electron chi connectivity index (χ1n) is 10.1. The molecule has 3 aliphatic rings. The molecule has 0 bridgehead atoms. The summed E-state index contributed by atoms with van der Waals surface area (Å²) < 4.78 is 24.0. The summed E-state index contributed by atoms with van der Waals surface area (Å²) in [6, 6.07) is 6.21. The fourth-order valence-corrected chi connectivity index (χ4v) is 7.59. The van der Waals surface area contributed by atoms with E-state index in [1.165, 1.54) is 11.3 Å². The molecule has 0 aliphatic carbocycles. The molecule has 6 nitrogen and oxygen atoms in total. The highest BCUT2D eigenvalue weighted by molar-refractivity contribution is 7.91. The molecule has 2 fully saturated rings. The molecule has 154 valence electrons. The van der Waals surface area contributed by atoms with Gasteiger partial charge in [0.1, 0.15) is 0 Å². The molecule has 1 amide bonds. The molecule has 2 atom stereocenters. The summed E-state index contributed by atoms with van der Waals surface area (Å²) in [6.07, 6.45) is 1.96. The highest BCUT2D eigenvalue weighted by Gasteiger charge is 2.38. The smallest absolute Gasteiger partial charge is 0.250 e. The number of thiophene rings is 1. The fraction of sp³-hybridized carbons (Fsp3) is 0.476. The summed E-state index contributed by atoms with van der Waals surface area (Å²) >= 11 is 1.74. The van der Waals surface area contributed by atoms with Gasteiger partial charge in [-0.2, -0.15) is 0 Å². The number of benzene rings is 1. The Labute approximate surface area is 175 Å². The third-order valence-corrected chi connectivity index (χ3v) is 9.20. The average Bonchev–Trinajstić information content (AvgIpc) is 3.34. The maximum atomic E-state index is 12.2. The molecule has 2 saturated heterocycles. The van der Waals surface area contributed by atoms with Crippen LogP contribution in [0.1, 0.15) is 39.6 Å². The number of rotatable bonds is 5. The predicted octanol–water partition coefficient (Wildman–Crippen LogP) is 2.66. The summed E-state index contributed by atoms with van der Waals surface area (Å²) in [7, 11) is -2.95. The van der Waals surface area contributed by atoms with E-state index in [1.807, 2.05) is 6.07 Å². The largest absolute Gasteiger partial charge is 0.384 e. The van der Waals surface area contributed by atoms with E-state index in [0.717, 1.165) is 42.0 Å². The van der Waals surface area contributed by atoms with E-state index >= 15 is 0 Å². The molecule has 2 aromatic rings. The second-order valence-corrected chi connectivity index (χ2v) is 11.7. The van der Waals surface area contributed by atoms with E-state index in [2.05, 4.69) is 27.7 Å². The Morgan fingerprint density at radius 1 is 1.24 bits per heavy atom. The van der Waals surface area contributed by atoms with E-state index in [-0.39, 0.29) is 23.3 Å². The van der Waals surface area contributed by atoms with Crippen LogP contribution in [0.5, 0.6) is 0 Å². The van der Waals surface area contributed by atoms with Crippen molar-refractivity contribution in [3.8, 4) is 11.1 Å². The number of sulfone groups is 1. The second-order valence-electron chi connectivity index (χ2n) is 8.43. The quantitative estimate of drug-likeness (QED) is 0.759. The zero-order chi connectivity index (χ0) is 20.2. The highest BCUT2D eigenvalue weighted by Crippen LogP contribution is 2.44. The third-order valence-electron chi connectivity index (χ3n) is 6.48. The monoisotopic (exact) mass is 431 g/mol. The lowest BCUT2D eigenvalue weighted by molar-refractivity contribution is 0.100. The van der Waals surface area contributed by atoms with Crippen LogP contribution in [0.25, 0.3) is 11.1 Å². The summed E-state index contributed by atoms with van der Waals surface area (Å²) in [4.78, 5) is 15.9. The lowest BCUT2D eigenvalue weighted by Gasteiger charge is -2.29. The first-order valence-corrected chi connectivity index (χ1v) is 12.8. The number of nitrogens with two attached hydrogens (primary N) is 1. The van der Waals surface area contributed by atoms with Crippen LogP contribution in [-0.4, -0.2) is 50.4 Å². The molecular weight excluding hydrogens is 406 g/mol. The van der Waals surface area contributed by atoms with E-state index in [4.69, 9.17) is 5.73 Å². The highest BCUT2D eigenvalue weighted by atomic mass is 32.2.